The first-order valence-electron chi connectivity index (χ1n) is 6.23. The highest BCUT2D eigenvalue weighted by Crippen LogP contribution is 2.35. The third-order valence-corrected chi connectivity index (χ3v) is 3.89. The Morgan fingerprint density at radius 3 is 2.79 bits per heavy atom. The Kier molecular flexibility index (Phi) is 3.55. The van der Waals surface area contributed by atoms with Crippen molar-refractivity contribution in [2.45, 2.75) is 18.4 Å². The summed E-state index contributed by atoms with van der Waals surface area (Å²) in [5.41, 5.74) is 1.84. The number of ether oxygens (including phenoxy) is 2. The molecule has 1 aromatic heterocycles. The van der Waals surface area contributed by atoms with Crippen molar-refractivity contribution < 1.29 is 9.47 Å². The Bertz CT molecular complexity index is 572. The van der Waals surface area contributed by atoms with Crippen molar-refractivity contribution in [2.24, 2.45) is 0 Å². The number of hydrogen-bond donors (Lipinski definition) is 0. The smallest absolute Gasteiger partial charge is 0.231 e. The van der Waals surface area contributed by atoms with Gasteiger partial charge >= 0.3 is 0 Å². The highest BCUT2D eigenvalue weighted by molar-refractivity contribution is 7.99. The Morgan fingerprint density at radius 1 is 1.11 bits per heavy atom. The molecule has 0 bridgehead atoms. The minimum absolute atomic E-state index is 0.289. The molecule has 0 amide bonds. The summed E-state index contributed by atoms with van der Waals surface area (Å²) >= 11 is 1.73. The number of aromatic nitrogens is 2. The van der Waals surface area contributed by atoms with Gasteiger partial charge in [-0.05, 0) is 42.5 Å². The highest BCUT2D eigenvalue weighted by Gasteiger charge is 2.14. The minimum Gasteiger partial charge on any atom is -0.454 e. The lowest BCUT2D eigenvalue weighted by atomic mass is 10.1. The standard InChI is InChI=1S/C14H14N2O2S/c1-2-7-19-14-6-4-11(15-16-14)10-3-5-12-13(8-10)18-9-17-12/h3-6,8H,2,7,9H2,1H3. The third-order valence-electron chi connectivity index (χ3n) is 2.76. The van der Waals surface area contributed by atoms with Crippen LogP contribution in [0.2, 0.25) is 0 Å². The van der Waals surface area contributed by atoms with Gasteiger partial charge in [-0.15, -0.1) is 22.0 Å². The van der Waals surface area contributed by atoms with E-state index in [1.54, 1.807) is 11.8 Å². The van der Waals surface area contributed by atoms with Crippen LogP contribution < -0.4 is 9.47 Å². The summed E-state index contributed by atoms with van der Waals surface area (Å²) in [4.78, 5) is 0. The Balaban J connectivity index is 1.82. The van der Waals surface area contributed by atoms with E-state index in [9.17, 15) is 0 Å². The molecule has 2 aromatic rings. The third kappa shape index (κ3) is 2.66. The molecule has 0 saturated carbocycles. The van der Waals surface area contributed by atoms with Gasteiger partial charge in [0, 0.05) is 5.56 Å². The second kappa shape index (κ2) is 5.48. The predicted octanol–water partition coefficient (Wildman–Crippen LogP) is 3.37. The topological polar surface area (TPSA) is 44.2 Å². The van der Waals surface area contributed by atoms with Crippen molar-refractivity contribution in [3.63, 3.8) is 0 Å². The fraction of sp³-hybridized carbons (Fsp3) is 0.286. The molecular weight excluding hydrogens is 260 g/mol. The minimum atomic E-state index is 0.289. The largest absolute Gasteiger partial charge is 0.454 e. The number of hydrogen-bond acceptors (Lipinski definition) is 5. The van der Waals surface area contributed by atoms with Crippen LogP contribution in [0.3, 0.4) is 0 Å². The molecule has 0 aliphatic carbocycles. The first-order chi connectivity index (χ1) is 9.36. The zero-order chi connectivity index (χ0) is 13.1. The molecule has 2 heterocycles. The lowest BCUT2D eigenvalue weighted by Crippen LogP contribution is -1.93. The van der Waals surface area contributed by atoms with Crippen molar-refractivity contribution in [3.05, 3.63) is 30.3 Å². The zero-order valence-corrected chi connectivity index (χ0v) is 11.4. The molecule has 0 saturated heterocycles. The molecule has 5 heteroatoms. The van der Waals surface area contributed by atoms with E-state index >= 15 is 0 Å². The molecule has 0 fully saturated rings. The van der Waals surface area contributed by atoms with E-state index in [0.717, 1.165) is 40.0 Å². The fourth-order valence-electron chi connectivity index (χ4n) is 1.81. The molecule has 0 radical (unpaired) electrons. The summed E-state index contributed by atoms with van der Waals surface area (Å²) in [6.07, 6.45) is 1.14. The van der Waals surface area contributed by atoms with Gasteiger partial charge in [0.1, 0.15) is 5.03 Å². The van der Waals surface area contributed by atoms with Crippen LogP contribution in [0.5, 0.6) is 11.5 Å². The molecule has 1 aliphatic heterocycles. The van der Waals surface area contributed by atoms with E-state index < -0.39 is 0 Å². The normalized spacial score (nSPS) is 12.7. The van der Waals surface area contributed by atoms with Gasteiger partial charge in [-0.1, -0.05) is 6.92 Å². The summed E-state index contributed by atoms with van der Waals surface area (Å²) in [5.74, 6) is 2.62. The highest BCUT2D eigenvalue weighted by atomic mass is 32.2. The van der Waals surface area contributed by atoms with Crippen molar-refractivity contribution >= 4 is 11.8 Å². The molecular formula is C14H14N2O2S. The maximum atomic E-state index is 5.36. The van der Waals surface area contributed by atoms with Crippen molar-refractivity contribution in [3.8, 4) is 22.8 Å². The van der Waals surface area contributed by atoms with Crippen molar-refractivity contribution in [1.82, 2.24) is 10.2 Å². The Labute approximate surface area is 116 Å². The van der Waals surface area contributed by atoms with Crippen LogP contribution in [-0.2, 0) is 0 Å². The predicted molar refractivity (Wildman–Crippen MR) is 74.6 cm³/mol. The number of thioether (sulfide) groups is 1. The van der Waals surface area contributed by atoms with Crippen LogP contribution in [0.15, 0.2) is 35.4 Å². The van der Waals surface area contributed by atoms with E-state index in [2.05, 4.69) is 17.1 Å². The maximum Gasteiger partial charge on any atom is 0.231 e. The first kappa shape index (κ1) is 12.3. The van der Waals surface area contributed by atoms with Gasteiger partial charge in [0.15, 0.2) is 11.5 Å². The van der Waals surface area contributed by atoms with Gasteiger partial charge in [0.05, 0.1) is 5.69 Å². The van der Waals surface area contributed by atoms with E-state index in [0.29, 0.717) is 0 Å². The molecule has 0 spiro atoms. The molecule has 3 rings (SSSR count). The Morgan fingerprint density at radius 2 is 2.00 bits per heavy atom. The Hall–Kier alpha value is -1.75. The van der Waals surface area contributed by atoms with Gasteiger partial charge in [-0.2, -0.15) is 0 Å². The number of fused-ring (bicyclic) bond motifs is 1. The number of nitrogens with zero attached hydrogens (tertiary/aromatic N) is 2. The van der Waals surface area contributed by atoms with Crippen LogP contribution in [0.1, 0.15) is 13.3 Å². The molecule has 4 nitrogen and oxygen atoms in total. The van der Waals surface area contributed by atoms with Crippen LogP contribution >= 0.6 is 11.8 Å². The molecule has 19 heavy (non-hydrogen) atoms. The molecule has 0 atom stereocenters. The summed E-state index contributed by atoms with van der Waals surface area (Å²) in [6, 6.07) is 9.80. The molecule has 1 aliphatic rings. The van der Waals surface area contributed by atoms with Crippen LogP contribution in [-0.4, -0.2) is 22.7 Å². The zero-order valence-electron chi connectivity index (χ0n) is 10.6. The van der Waals surface area contributed by atoms with Crippen LogP contribution in [0.25, 0.3) is 11.3 Å². The van der Waals surface area contributed by atoms with Crippen LogP contribution in [0.4, 0.5) is 0 Å². The van der Waals surface area contributed by atoms with E-state index in [1.807, 2.05) is 30.3 Å². The first-order valence-corrected chi connectivity index (χ1v) is 7.22. The number of rotatable bonds is 4. The van der Waals surface area contributed by atoms with Crippen LogP contribution in [0, 0.1) is 0 Å². The molecule has 98 valence electrons. The van der Waals surface area contributed by atoms with E-state index in [1.165, 1.54) is 0 Å². The molecule has 0 N–H and O–H groups in total. The average molecular weight is 274 g/mol. The summed E-state index contributed by atoms with van der Waals surface area (Å²) in [6.45, 7) is 2.44. The summed E-state index contributed by atoms with van der Waals surface area (Å²) in [5, 5.41) is 9.45. The lowest BCUT2D eigenvalue weighted by Gasteiger charge is -2.03. The molecule has 1 aromatic carbocycles. The maximum absolute atomic E-state index is 5.36. The summed E-state index contributed by atoms with van der Waals surface area (Å²) in [7, 11) is 0. The molecule has 0 unspecified atom stereocenters. The monoisotopic (exact) mass is 274 g/mol. The van der Waals surface area contributed by atoms with Gasteiger partial charge < -0.3 is 9.47 Å². The summed E-state index contributed by atoms with van der Waals surface area (Å²) < 4.78 is 10.7. The fourth-order valence-corrected chi connectivity index (χ4v) is 2.49. The van der Waals surface area contributed by atoms with Crippen molar-refractivity contribution in [1.29, 1.82) is 0 Å². The average Bonchev–Trinajstić information content (AvgIpc) is 2.93. The second-order valence-corrected chi connectivity index (χ2v) is 5.29. The van der Waals surface area contributed by atoms with E-state index in [-0.39, 0.29) is 6.79 Å². The van der Waals surface area contributed by atoms with Gasteiger partial charge in [-0.25, -0.2) is 0 Å². The van der Waals surface area contributed by atoms with Crippen molar-refractivity contribution in [2.75, 3.05) is 12.5 Å². The SMILES string of the molecule is CCCSc1ccc(-c2ccc3c(c2)OCO3)nn1. The lowest BCUT2D eigenvalue weighted by molar-refractivity contribution is 0.174. The second-order valence-electron chi connectivity index (χ2n) is 4.17. The number of benzene rings is 1. The quantitative estimate of drug-likeness (QED) is 0.800. The van der Waals surface area contributed by atoms with Gasteiger partial charge in [-0.3, -0.25) is 0 Å². The van der Waals surface area contributed by atoms with Gasteiger partial charge in [0.25, 0.3) is 0 Å². The van der Waals surface area contributed by atoms with E-state index in [4.69, 9.17) is 9.47 Å². The van der Waals surface area contributed by atoms with Gasteiger partial charge in [0.2, 0.25) is 6.79 Å².